The van der Waals surface area contributed by atoms with Crippen molar-refractivity contribution in [2.75, 3.05) is 19.6 Å². The monoisotopic (exact) mass is 299 g/mol. The van der Waals surface area contributed by atoms with Crippen molar-refractivity contribution in [3.8, 4) is 0 Å². The SMILES string of the molecule is Cc1ccc([N+](=O)[O-])cc1C(=O)N1CCN[C@H](C)C1.Cl. The predicted molar refractivity (Wildman–Crippen MR) is 78.4 cm³/mol. The minimum atomic E-state index is -0.476. The Morgan fingerprint density at radius 1 is 1.50 bits per heavy atom. The highest BCUT2D eigenvalue weighted by Crippen LogP contribution is 2.19. The van der Waals surface area contributed by atoms with Gasteiger partial charge in [-0.3, -0.25) is 14.9 Å². The number of aryl methyl sites for hydroxylation is 1. The number of rotatable bonds is 2. The van der Waals surface area contributed by atoms with Crippen LogP contribution in [0.3, 0.4) is 0 Å². The normalized spacial score (nSPS) is 18.3. The molecule has 0 spiro atoms. The molecule has 1 aromatic rings. The number of hydrogen-bond acceptors (Lipinski definition) is 4. The van der Waals surface area contributed by atoms with E-state index in [0.717, 1.165) is 12.1 Å². The van der Waals surface area contributed by atoms with E-state index in [0.29, 0.717) is 18.7 Å². The zero-order chi connectivity index (χ0) is 14.0. The predicted octanol–water partition coefficient (Wildman–Crippen LogP) is 1.76. The van der Waals surface area contributed by atoms with Gasteiger partial charge in [0.25, 0.3) is 11.6 Å². The first-order valence-electron chi connectivity index (χ1n) is 6.26. The lowest BCUT2D eigenvalue weighted by molar-refractivity contribution is -0.384. The third-order valence-corrected chi connectivity index (χ3v) is 3.32. The Hall–Kier alpha value is -1.66. The summed E-state index contributed by atoms with van der Waals surface area (Å²) in [5, 5.41) is 14.0. The molecule has 0 aliphatic carbocycles. The first-order chi connectivity index (χ1) is 8.99. The topological polar surface area (TPSA) is 75.5 Å². The van der Waals surface area contributed by atoms with E-state index in [-0.39, 0.29) is 30.0 Å². The van der Waals surface area contributed by atoms with Crippen molar-refractivity contribution in [1.82, 2.24) is 10.2 Å². The molecule has 1 N–H and O–H groups in total. The second-order valence-electron chi connectivity index (χ2n) is 4.86. The molecule has 1 heterocycles. The average Bonchev–Trinajstić information content (AvgIpc) is 2.38. The van der Waals surface area contributed by atoms with Gasteiger partial charge in [0.2, 0.25) is 0 Å². The second kappa shape index (κ2) is 6.67. The number of nitro groups is 1. The van der Waals surface area contributed by atoms with Crippen LogP contribution in [0, 0.1) is 17.0 Å². The lowest BCUT2D eigenvalue weighted by Gasteiger charge is -2.32. The summed E-state index contributed by atoms with van der Waals surface area (Å²) in [6.07, 6.45) is 0. The van der Waals surface area contributed by atoms with E-state index in [1.165, 1.54) is 12.1 Å². The van der Waals surface area contributed by atoms with E-state index < -0.39 is 4.92 Å². The fraction of sp³-hybridized carbons (Fsp3) is 0.462. The highest BCUT2D eigenvalue weighted by Gasteiger charge is 2.24. The van der Waals surface area contributed by atoms with Crippen LogP contribution in [0.2, 0.25) is 0 Å². The number of hydrogen-bond donors (Lipinski definition) is 1. The quantitative estimate of drug-likeness (QED) is 0.667. The van der Waals surface area contributed by atoms with Crippen LogP contribution >= 0.6 is 12.4 Å². The number of piperazine rings is 1. The van der Waals surface area contributed by atoms with Crippen molar-refractivity contribution >= 4 is 24.0 Å². The van der Waals surface area contributed by atoms with Crippen LogP contribution < -0.4 is 5.32 Å². The van der Waals surface area contributed by atoms with Crippen molar-refractivity contribution in [1.29, 1.82) is 0 Å². The lowest BCUT2D eigenvalue weighted by Crippen LogP contribution is -2.51. The first-order valence-corrected chi connectivity index (χ1v) is 6.26. The Kier molecular flexibility index (Phi) is 5.47. The van der Waals surface area contributed by atoms with Gasteiger partial charge in [0.05, 0.1) is 4.92 Å². The van der Waals surface area contributed by atoms with Gasteiger partial charge in [0.1, 0.15) is 0 Å². The van der Waals surface area contributed by atoms with Gasteiger partial charge in [-0.05, 0) is 19.4 Å². The third-order valence-electron chi connectivity index (χ3n) is 3.32. The summed E-state index contributed by atoms with van der Waals surface area (Å²) in [6, 6.07) is 4.66. The number of carbonyl (C=O) groups excluding carboxylic acids is 1. The fourth-order valence-corrected chi connectivity index (χ4v) is 2.24. The van der Waals surface area contributed by atoms with Crippen LogP contribution in [-0.4, -0.2) is 41.4 Å². The van der Waals surface area contributed by atoms with Gasteiger partial charge in [-0.1, -0.05) is 6.07 Å². The summed E-state index contributed by atoms with van der Waals surface area (Å²) >= 11 is 0. The Morgan fingerprint density at radius 2 is 2.20 bits per heavy atom. The van der Waals surface area contributed by atoms with Crippen molar-refractivity contribution < 1.29 is 9.72 Å². The maximum absolute atomic E-state index is 12.4. The van der Waals surface area contributed by atoms with Crippen LogP contribution in [0.1, 0.15) is 22.8 Å². The van der Waals surface area contributed by atoms with Crippen LogP contribution in [-0.2, 0) is 0 Å². The molecule has 1 aromatic carbocycles. The second-order valence-corrected chi connectivity index (χ2v) is 4.86. The molecule has 1 atom stereocenters. The number of carbonyl (C=O) groups is 1. The highest BCUT2D eigenvalue weighted by atomic mass is 35.5. The van der Waals surface area contributed by atoms with Crippen LogP contribution in [0.15, 0.2) is 18.2 Å². The molecular formula is C13H18ClN3O3. The molecule has 1 aliphatic rings. The van der Waals surface area contributed by atoms with E-state index in [1.54, 1.807) is 17.9 Å². The Balaban J connectivity index is 0.00000200. The minimum absolute atomic E-state index is 0. The molecule has 6 nitrogen and oxygen atoms in total. The molecule has 1 saturated heterocycles. The highest BCUT2D eigenvalue weighted by molar-refractivity contribution is 5.96. The van der Waals surface area contributed by atoms with Gasteiger partial charge in [-0.25, -0.2) is 0 Å². The maximum atomic E-state index is 12.4. The molecule has 0 saturated carbocycles. The molecule has 20 heavy (non-hydrogen) atoms. The molecule has 0 bridgehead atoms. The average molecular weight is 300 g/mol. The van der Waals surface area contributed by atoms with Crippen molar-refractivity contribution in [3.63, 3.8) is 0 Å². The first kappa shape index (κ1) is 16.4. The smallest absolute Gasteiger partial charge is 0.270 e. The van der Waals surface area contributed by atoms with Gasteiger partial charge in [0, 0.05) is 43.4 Å². The summed E-state index contributed by atoms with van der Waals surface area (Å²) < 4.78 is 0. The summed E-state index contributed by atoms with van der Waals surface area (Å²) in [4.78, 5) is 24.5. The number of nitrogens with one attached hydrogen (secondary N) is 1. The zero-order valence-electron chi connectivity index (χ0n) is 11.5. The van der Waals surface area contributed by atoms with E-state index in [2.05, 4.69) is 5.32 Å². The molecule has 1 amide bonds. The lowest BCUT2D eigenvalue weighted by atomic mass is 10.1. The number of nitrogens with zero attached hydrogens (tertiary/aromatic N) is 2. The molecule has 110 valence electrons. The number of non-ortho nitro benzene ring substituents is 1. The Bertz CT molecular complexity index is 522. The zero-order valence-corrected chi connectivity index (χ0v) is 12.3. The van der Waals surface area contributed by atoms with Crippen molar-refractivity contribution in [2.24, 2.45) is 0 Å². The van der Waals surface area contributed by atoms with E-state index >= 15 is 0 Å². The van der Waals surface area contributed by atoms with E-state index in [4.69, 9.17) is 0 Å². The van der Waals surface area contributed by atoms with Crippen LogP contribution in [0.4, 0.5) is 5.69 Å². The largest absolute Gasteiger partial charge is 0.336 e. The van der Waals surface area contributed by atoms with Gasteiger partial charge in [0.15, 0.2) is 0 Å². The fourth-order valence-electron chi connectivity index (χ4n) is 2.24. The van der Waals surface area contributed by atoms with Gasteiger partial charge >= 0.3 is 0 Å². The number of amides is 1. The molecule has 1 fully saturated rings. The summed E-state index contributed by atoms with van der Waals surface area (Å²) in [7, 11) is 0. The van der Waals surface area contributed by atoms with Gasteiger partial charge in [-0.15, -0.1) is 12.4 Å². The molecule has 0 radical (unpaired) electrons. The number of halogens is 1. The van der Waals surface area contributed by atoms with Gasteiger partial charge < -0.3 is 10.2 Å². The Morgan fingerprint density at radius 3 is 2.80 bits per heavy atom. The number of benzene rings is 1. The molecular weight excluding hydrogens is 282 g/mol. The summed E-state index contributed by atoms with van der Waals surface area (Å²) in [5.41, 5.74) is 1.14. The third kappa shape index (κ3) is 3.46. The molecule has 7 heteroatoms. The Labute approximate surface area is 123 Å². The van der Waals surface area contributed by atoms with E-state index in [1.807, 2.05) is 6.92 Å². The van der Waals surface area contributed by atoms with Crippen molar-refractivity contribution in [2.45, 2.75) is 19.9 Å². The van der Waals surface area contributed by atoms with Gasteiger partial charge in [-0.2, -0.15) is 0 Å². The minimum Gasteiger partial charge on any atom is -0.336 e. The molecule has 0 unspecified atom stereocenters. The van der Waals surface area contributed by atoms with E-state index in [9.17, 15) is 14.9 Å². The summed E-state index contributed by atoms with van der Waals surface area (Å²) in [5.74, 6) is -0.130. The standard InChI is InChI=1S/C13H17N3O3.ClH/c1-9-3-4-11(16(18)19)7-12(9)13(17)15-6-5-14-10(2)8-15;/h3-4,7,10,14H,5-6,8H2,1-2H3;1H/t10-;/m1./s1. The molecule has 2 rings (SSSR count). The van der Waals surface area contributed by atoms with Crippen molar-refractivity contribution in [3.05, 3.63) is 39.4 Å². The summed E-state index contributed by atoms with van der Waals surface area (Å²) in [6.45, 7) is 5.81. The maximum Gasteiger partial charge on any atom is 0.270 e. The van der Waals surface area contributed by atoms with Crippen LogP contribution in [0.25, 0.3) is 0 Å². The molecule has 1 aliphatic heterocycles. The van der Waals surface area contributed by atoms with Crippen LogP contribution in [0.5, 0.6) is 0 Å². The number of nitro benzene ring substituents is 1. The molecule has 0 aromatic heterocycles.